The van der Waals surface area contributed by atoms with Gasteiger partial charge in [0.25, 0.3) is 0 Å². The zero-order chi connectivity index (χ0) is 13.2. The molecule has 2 aromatic heterocycles. The molecule has 1 atom stereocenters. The lowest BCUT2D eigenvalue weighted by Crippen LogP contribution is -2.36. The summed E-state index contributed by atoms with van der Waals surface area (Å²) in [5.74, 6) is 0.440. The molecule has 1 fully saturated rings. The Labute approximate surface area is 113 Å². The van der Waals surface area contributed by atoms with Crippen molar-refractivity contribution in [2.24, 2.45) is 5.92 Å². The van der Waals surface area contributed by atoms with Crippen molar-refractivity contribution in [3.8, 4) is 0 Å². The summed E-state index contributed by atoms with van der Waals surface area (Å²) < 4.78 is 2.18. The van der Waals surface area contributed by atoms with Crippen LogP contribution in [0.3, 0.4) is 0 Å². The van der Waals surface area contributed by atoms with E-state index in [1.54, 1.807) is 0 Å². The number of rotatable bonds is 3. The molecule has 0 spiro atoms. The first-order valence-corrected chi connectivity index (χ1v) is 7.02. The van der Waals surface area contributed by atoms with E-state index >= 15 is 0 Å². The second kappa shape index (κ2) is 5.31. The molecule has 4 nitrogen and oxygen atoms in total. The Hall–Kier alpha value is -1.39. The number of aliphatic hydroxyl groups is 1. The number of pyridine rings is 1. The van der Waals surface area contributed by atoms with E-state index in [1.165, 1.54) is 17.7 Å². The number of aromatic nitrogens is 2. The second-order valence-electron chi connectivity index (χ2n) is 5.56. The Kier molecular flexibility index (Phi) is 3.53. The van der Waals surface area contributed by atoms with Crippen LogP contribution in [0.4, 0.5) is 0 Å². The fourth-order valence-corrected chi connectivity index (χ4v) is 2.99. The van der Waals surface area contributed by atoms with Gasteiger partial charge in [-0.15, -0.1) is 0 Å². The third-order valence-corrected chi connectivity index (χ3v) is 4.05. The van der Waals surface area contributed by atoms with Crippen molar-refractivity contribution < 1.29 is 5.11 Å². The molecule has 0 radical (unpaired) electrons. The lowest BCUT2D eigenvalue weighted by atomic mass is 9.99. The van der Waals surface area contributed by atoms with Gasteiger partial charge in [-0.25, -0.2) is 4.98 Å². The fourth-order valence-electron chi connectivity index (χ4n) is 2.99. The summed E-state index contributed by atoms with van der Waals surface area (Å²) in [6, 6.07) is 4.16. The van der Waals surface area contributed by atoms with Crippen LogP contribution in [0.15, 0.2) is 24.5 Å². The number of aliphatic hydroxyl groups excluding tert-OH is 1. The number of fused-ring (bicyclic) bond motifs is 1. The molecule has 3 rings (SSSR count). The molecule has 0 bridgehead atoms. The maximum Gasteiger partial charge on any atom is 0.139 e. The van der Waals surface area contributed by atoms with Crippen molar-refractivity contribution >= 4 is 5.65 Å². The van der Waals surface area contributed by atoms with Crippen molar-refractivity contribution in [1.29, 1.82) is 0 Å². The smallest absolute Gasteiger partial charge is 0.139 e. The lowest BCUT2D eigenvalue weighted by Gasteiger charge is -2.31. The molecule has 1 aliphatic heterocycles. The highest BCUT2D eigenvalue weighted by Gasteiger charge is 2.20. The monoisotopic (exact) mass is 259 g/mol. The van der Waals surface area contributed by atoms with Gasteiger partial charge in [0.2, 0.25) is 0 Å². The van der Waals surface area contributed by atoms with Gasteiger partial charge in [0.1, 0.15) is 5.65 Å². The van der Waals surface area contributed by atoms with Crippen molar-refractivity contribution in [3.63, 3.8) is 0 Å². The van der Waals surface area contributed by atoms with Gasteiger partial charge in [0.05, 0.1) is 11.9 Å². The summed E-state index contributed by atoms with van der Waals surface area (Å²) in [4.78, 5) is 6.94. The zero-order valence-corrected chi connectivity index (χ0v) is 11.4. The third kappa shape index (κ3) is 2.51. The Balaban J connectivity index is 1.80. The average molecular weight is 259 g/mol. The van der Waals surface area contributed by atoms with Crippen LogP contribution in [-0.2, 0) is 6.54 Å². The van der Waals surface area contributed by atoms with Crippen molar-refractivity contribution in [2.75, 3.05) is 19.7 Å². The summed E-state index contributed by atoms with van der Waals surface area (Å²) >= 11 is 0. The van der Waals surface area contributed by atoms with Crippen molar-refractivity contribution in [2.45, 2.75) is 26.3 Å². The van der Waals surface area contributed by atoms with Crippen LogP contribution in [0.25, 0.3) is 5.65 Å². The van der Waals surface area contributed by atoms with Crippen LogP contribution in [0.1, 0.15) is 24.1 Å². The van der Waals surface area contributed by atoms with Gasteiger partial charge in [-0.1, -0.05) is 6.07 Å². The van der Waals surface area contributed by atoms with Gasteiger partial charge in [-0.2, -0.15) is 0 Å². The summed E-state index contributed by atoms with van der Waals surface area (Å²) in [6.07, 6.45) is 6.39. The van der Waals surface area contributed by atoms with Gasteiger partial charge in [0, 0.05) is 25.9 Å². The summed E-state index contributed by atoms with van der Waals surface area (Å²) in [5.41, 5.74) is 3.49. The minimum atomic E-state index is 0.308. The van der Waals surface area contributed by atoms with Crippen LogP contribution in [-0.4, -0.2) is 39.1 Å². The quantitative estimate of drug-likeness (QED) is 0.914. The van der Waals surface area contributed by atoms with Crippen LogP contribution in [0, 0.1) is 12.8 Å². The van der Waals surface area contributed by atoms with Gasteiger partial charge in [-0.3, -0.25) is 4.90 Å². The SMILES string of the molecule is Cc1cccn2c(CN3CCCC(CO)C3)cnc12. The largest absolute Gasteiger partial charge is 0.396 e. The zero-order valence-electron chi connectivity index (χ0n) is 11.4. The maximum absolute atomic E-state index is 9.30. The topological polar surface area (TPSA) is 40.8 Å². The third-order valence-electron chi connectivity index (χ3n) is 4.05. The molecule has 1 aliphatic rings. The Morgan fingerprint density at radius 2 is 2.37 bits per heavy atom. The van der Waals surface area contributed by atoms with Crippen LogP contribution >= 0.6 is 0 Å². The second-order valence-corrected chi connectivity index (χ2v) is 5.56. The van der Waals surface area contributed by atoms with Gasteiger partial charge < -0.3 is 9.51 Å². The standard InChI is InChI=1S/C15H21N3O/c1-12-4-2-7-18-14(8-16-15(12)18)10-17-6-3-5-13(9-17)11-19/h2,4,7-8,13,19H,3,5-6,9-11H2,1H3. The highest BCUT2D eigenvalue weighted by molar-refractivity contribution is 5.48. The summed E-state index contributed by atoms with van der Waals surface area (Å²) in [7, 11) is 0. The number of imidazole rings is 1. The van der Waals surface area contributed by atoms with Crippen molar-refractivity contribution in [3.05, 3.63) is 35.8 Å². The lowest BCUT2D eigenvalue weighted by molar-refractivity contribution is 0.115. The van der Waals surface area contributed by atoms with E-state index in [-0.39, 0.29) is 0 Å². The fraction of sp³-hybridized carbons (Fsp3) is 0.533. The number of likely N-dealkylation sites (tertiary alicyclic amines) is 1. The highest BCUT2D eigenvalue weighted by atomic mass is 16.3. The molecule has 19 heavy (non-hydrogen) atoms. The van der Waals surface area contributed by atoms with E-state index in [0.29, 0.717) is 12.5 Å². The van der Waals surface area contributed by atoms with Crippen LogP contribution < -0.4 is 0 Å². The normalized spacial score (nSPS) is 21.1. The number of piperidine rings is 1. The van der Waals surface area contributed by atoms with Gasteiger partial charge in [-0.05, 0) is 43.9 Å². The van der Waals surface area contributed by atoms with E-state index in [1.807, 2.05) is 6.20 Å². The molecule has 0 aliphatic carbocycles. The Bertz CT molecular complexity index is 564. The first-order valence-electron chi connectivity index (χ1n) is 7.02. The van der Waals surface area contributed by atoms with E-state index in [0.717, 1.165) is 31.7 Å². The Morgan fingerprint density at radius 1 is 1.47 bits per heavy atom. The molecule has 1 N–H and O–H groups in total. The molecule has 0 amide bonds. The number of nitrogens with zero attached hydrogens (tertiary/aromatic N) is 3. The van der Waals surface area contributed by atoms with Crippen molar-refractivity contribution in [1.82, 2.24) is 14.3 Å². The minimum absolute atomic E-state index is 0.308. The van der Waals surface area contributed by atoms with Gasteiger partial charge in [0.15, 0.2) is 0 Å². The first kappa shape index (κ1) is 12.6. The average Bonchev–Trinajstić information content (AvgIpc) is 2.84. The highest BCUT2D eigenvalue weighted by Crippen LogP contribution is 2.19. The van der Waals surface area contributed by atoms with E-state index in [9.17, 15) is 5.11 Å². The minimum Gasteiger partial charge on any atom is -0.396 e. The first-order chi connectivity index (χ1) is 9.28. The number of aryl methyl sites for hydroxylation is 1. The summed E-state index contributed by atoms with van der Waals surface area (Å²) in [5, 5.41) is 9.30. The van der Waals surface area contributed by atoms with Crippen LogP contribution in [0.2, 0.25) is 0 Å². The molecule has 1 unspecified atom stereocenters. The van der Waals surface area contributed by atoms with E-state index < -0.39 is 0 Å². The molecule has 3 heterocycles. The van der Waals surface area contributed by atoms with Crippen LogP contribution in [0.5, 0.6) is 0 Å². The Morgan fingerprint density at radius 3 is 3.21 bits per heavy atom. The molecule has 0 aromatic carbocycles. The molecular weight excluding hydrogens is 238 g/mol. The molecule has 1 saturated heterocycles. The predicted octanol–water partition coefficient (Wildman–Crippen LogP) is 1.85. The molecule has 2 aromatic rings. The number of hydrogen-bond donors (Lipinski definition) is 1. The molecular formula is C15H21N3O. The molecule has 102 valence electrons. The van der Waals surface area contributed by atoms with E-state index in [2.05, 4.69) is 39.5 Å². The molecule has 4 heteroatoms. The molecule has 0 saturated carbocycles. The van der Waals surface area contributed by atoms with E-state index in [4.69, 9.17) is 0 Å². The number of hydrogen-bond acceptors (Lipinski definition) is 3. The van der Waals surface area contributed by atoms with Gasteiger partial charge >= 0.3 is 0 Å². The predicted molar refractivity (Wildman–Crippen MR) is 75.0 cm³/mol. The summed E-state index contributed by atoms with van der Waals surface area (Å²) in [6.45, 7) is 5.43. The maximum atomic E-state index is 9.30.